The summed E-state index contributed by atoms with van der Waals surface area (Å²) < 4.78 is 5.02. The Morgan fingerprint density at radius 1 is 1.67 bits per heavy atom. The number of nitrogens with one attached hydrogen (secondary N) is 1. The molecule has 1 saturated heterocycles. The van der Waals surface area contributed by atoms with Crippen LogP contribution in [-0.2, 0) is 9.53 Å². The van der Waals surface area contributed by atoms with E-state index < -0.39 is 5.60 Å². The van der Waals surface area contributed by atoms with Crippen LogP contribution in [0.15, 0.2) is 0 Å². The second-order valence-corrected chi connectivity index (χ2v) is 2.36. The van der Waals surface area contributed by atoms with Crippen molar-refractivity contribution in [2.45, 2.75) is 12.5 Å². The number of ether oxygens (including phenoxy) is 1. The molecule has 0 atom stereocenters. The quantitative estimate of drug-likeness (QED) is 0.549. The minimum Gasteiger partial charge on any atom is -0.368 e. The average molecular weight is 129 g/mol. The van der Waals surface area contributed by atoms with Crippen molar-refractivity contribution >= 4 is 5.78 Å². The smallest absolute Gasteiger partial charge is 0.164 e. The van der Waals surface area contributed by atoms with Gasteiger partial charge in [0, 0.05) is 20.2 Å². The Balaban J connectivity index is 2.57. The van der Waals surface area contributed by atoms with Crippen LogP contribution in [0, 0.1) is 0 Å². The van der Waals surface area contributed by atoms with E-state index in [0.717, 1.165) is 0 Å². The van der Waals surface area contributed by atoms with Crippen molar-refractivity contribution < 1.29 is 9.53 Å². The predicted molar refractivity (Wildman–Crippen MR) is 33.3 cm³/mol. The van der Waals surface area contributed by atoms with Crippen LogP contribution in [0.5, 0.6) is 0 Å². The first-order valence-corrected chi connectivity index (χ1v) is 2.98. The van der Waals surface area contributed by atoms with Gasteiger partial charge in [0.1, 0.15) is 5.60 Å². The maximum atomic E-state index is 10.8. The Morgan fingerprint density at radius 2 is 2.22 bits per heavy atom. The van der Waals surface area contributed by atoms with Gasteiger partial charge in [0.2, 0.25) is 0 Å². The van der Waals surface area contributed by atoms with Crippen molar-refractivity contribution in [3.8, 4) is 0 Å². The molecule has 1 rings (SSSR count). The van der Waals surface area contributed by atoms with Gasteiger partial charge in [0.15, 0.2) is 5.78 Å². The third kappa shape index (κ3) is 0.862. The molecule has 0 aromatic heterocycles. The minimum absolute atomic E-state index is 0.115. The Bertz CT molecular complexity index is 124. The number of ketones is 1. The third-order valence-corrected chi connectivity index (χ3v) is 1.85. The average Bonchev–Trinajstić information content (AvgIpc) is 1.62. The molecule has 1 aliphatic heterocycles. The van der Waals surface area contributed by atoms with Gasteiger partial charge in [0.05, 0.1) is 0 Å². The molecule has 0 unspecified atom stereocenters. The van der Waals surface area contributed by atoms with E-state index in [4.69, 9.17) is 4.74 Å². The molecule has 0 aromatic carbocycles. The Hall–Kier alpha value is -0.410. The molecule has 0 aromatic rings. The van der Waals surface area contributed by atoms with Crippen molar-refractivity contribution in [3.63, 3.8) is 0 Å². The highest BCUT2D eigenvalue weighted by Gasteiger charge is 2.41. The van der Waals surface area contributed by atoms with Gasteiger partial charge in [-0.05, 0) is 6.92 Å². The maximum Gasteiger partial charge on any atom is 0.164 e. The summed E-state index contributed by atoms with van der Waals surface area (Å²) in [7, 11) is 1.57. The lowest BCUT2D eigenvalue weighted by molar-refractivity contribution is -0.144. The lowest BCUT2D eigenvalue weighted by Gasteiger charge is -2.38. The van der Waals surface area contributed by atoms with Crippen molar-refractivity contribution in [1.82, 2.24) is 5.32 Å². The molecule has 1 fully saturated rings. The van der Waals surface area contributed by atoms with E-state index in [1.165, 1.54) is 0 Å². The van der Waals surface area contributed by atoms with Gasteiger partial charge in [-0.2, -0.15) is 0 Å². The van der Waals surface area contributed by atoms with E-state index in [-0.39, 0.29) is 5.78 Å². The second-order valence-electron chi connectivity index (χ2n) is 2.36. The predicted octanol–water partition coefficient (Wildman–Crippen LogP) is -0.436. The molecule has 9 heavy (non-hydrogen) atoms. The van der Waals surface area contributed by atoms with E-state index >= 15 is 0 Å². The fourth-order valence-electron chi connectivity index (χ4n) is 0.889. The topological polar surface area (TPSA) is 38.3 Å². The third-order valence-electron chi connectivity index (χ3n) is 1.85. The molecule has 0 radical (unpaired) electrons. The number of carbonyl (C=O) groups excluding carboxylic acids is 1. The molecule has 0 aliphatic carbocycles. The van der Waals surface area contributed by atoms with Gasteiger partial charge in [-0.15, -0.1) is 0 Å². The normalized spacial score (nSPS) is 22.9. The van der Waals surface area contributed by atoms with Crippen LogP contribution >= 0.6 is 0 Å². The first-order chi connectivity index (χ1) is 4.21. The van der Waals surface area contributed by atoms with Gasteiger partial charge >= 0.3 is 0 Å². The summed E-state index contributed by atoms with van der Waals surface area (Å²) in [6.07, 6.45) is 0. The molecule has 0 saturated carbocycles. The highest BCUT2D eigenvalue weighted by Crippen LogP contribution is 2.15. The molecule has 3 nitrogen and oxygen atoms in total. The summed E-state index contributed by atoms with van der Waals surface area (Å²) in [6.45, 7) is 2.89. The van der Waals surface area contributed by atoms with Gasteiger partial charge in [-0.3, -0.25) is 4.79 Å². The fraction of sp³-hybridized carbons (Fsp3) is 0.833. The zero-order valence-electron chi connectivity index (χ0n) is 5.73. The van der Waals surface area contributed by atoms with Crippen LogP contribution in [0.1, 0.15) is 6.92 Å². The van der Waals surface area contributed by atoms with Gasteiger partial charge in [-0.25, -0.2) is 0 Å². The van der Waals surface area contributed by atoms with Gasteiger partial charge in [0.25, 0.3) is 0 Å². The van der Waals surface area contributed by atoms with Crippen molar-refractivity contribution in [1.29, 1.82) is 0 Å². The highest BCUT2D eigenvalue weighted by molar-refractivity contribution is 5.86. The first kappa shape index (κ1) is 6.71. The summed E-state index contributed by atoms with van der Waals surface area (Å²) in [5, 5.41) is 2.99. The number of carbonyl (C=O) groups is 1. The van der Waals surface area contributed by atoms with Crippen LogP contribution in [0.25, 0.3) is 0 Å². The van der Waals surface area contributed by atoms with Crippen molar-refractivity contribution in [3.05, 3.63) is 0 Å². The number of Topliss-reactive ketones (excluding diaryl/α,β-unsaturated/α-hetero) is 1. The molecular weight excluding hydrogens is 118 g/mol. The minimum atomic E-state index is -0.486. The summed E-state index contributed by atoms with van der Waals surface area (Å²) in [4.78, 5) is 10.8. The fourth-order valence-corrected chi connectivity index (χ4v) is 0.889. The van der Waals surface area contributed by atoms with Crippen LogP contribution in [0.3, 0.4) is 0 Å². The molecule has 1 aliphatic rings. The van der Waals surface area contributed by atoms with Gasteiger partial charge < -0.3 is 10.1 Å². The SMILES string of the molecule is COC1(C(C)=O)CNC1. The summed E-state index contributed by atoms with van der Waals surface area (Å²) in [5.41, 5.74) is -0.486. The van der Waals surface area contributed by atoms with Crippen molar-refractivity contribution in [2.75, 3.05) is 20.2 Å². The number of methoxy groups -OCH3 is 1. The van der Waals surface area contributed by atoms with E-state index in [1.807, 2.05) is 0 Å². The summed E-state index contributed by atoms with van der Waals surface area (Å²) in [5.74, 6) is 0.115. The van der Waals surface area contributed by atoms with Crippen LogP contribution in [0.4, 0.5) is 0 Å². The summed E-state index contributed by atoms with van der Waals surface area (Å²) in [6, 6.07) is 0. The van der Waals surface area contributed by atoms with Crippen LogP contribution in [-0.4, -0.2) is 31.6 Å². The van der Waals surface area contributed by atoms with Crippen LogP contribution in [0.2, 0.25) is 0 Å². The number of rotatable bonds is 2. The largest absolute Gasteiger partial charge is 0.368 e. The highest BCUT2D eigenvalue weighted by atomic mass is 16.5. The molecule has 52 valence electrons. The monoisotopic (exact) mass is 129 g/mol. The first-order valence-electron chi connectivity index (χ1n) is 2.98. The zero-order chi connectivity index (χ0) is 6.91. The lowest BCUT2D eigenvalue weighted by Crippen LogP contribution is -2.64. The summed E-state index contributed by atoms with van der Waals surface area (Å²) >= 11 is 0. The number of hydrogen-bond acceptors (Lipinski definition) is 3. The zero-order valence-corrected chi connectivity index (χ0v) is 5.73. The van der Waals surface area contributed by atoms with Crippen LogP contribution < -0.4 is 5.32 Å². The molecule has 3 heteroatoms. The Kier molecular flexibility index (Phi) is 1.55. The molecular formula is C6H11NO2. The Morgan fingerprint density at radius 3 is 2.22 bits per heavy atom. The lowest BCUT2D eigenvalue weighted by atomic mass is 9.93. The Labute approximate surface area is 54.4 Å². The standard InChI is InChI=1S/C6H11NO2/c1-5(8)6(9-2)3-7-4-6/h7H,3-4H2,1-2H3. The van der Waals surface area contributed by atoms with Gasteiger partial charge in [-0.1, -0.05) is 0 Å². The molecule has 0 bridgehead atoms. The molecule has 0 spiro atoms. The van der Waals surface area contributed by atoms with E-state index in [0.29, 0.717) is 13.1 Å². The molecule has 0 amide bonds. The van der Waals surface area contributed by atoms with E-state index in [1.54, 1.807) is 14.0 Å². The van der Waals surface area contributed by atoms with E-state index in [9.17, 15) is 4.79 Å². The maximum absolute atomic E-state index is 10.8. The molecule has 1 N–H and O–H groups in total. The number of hydrogen-bond donors (Lipinski definition) is 1. The second kappa shape index (κ2) is 2.08. The molecule has 1 heterocycles. The van der Waals surface area contributed by atoms with Crippen molar-refractivity contribution in [2.24, 2.45) is 0 Å². The van der Waals surface area contributed by atoms with E-state index in [2.05, 4.69) is 5.32 Å².